The van der Waals surface area contributed by atoms with Gasteiger partial charge >= 0.3 is 0 Å². The molecule has 8 heteroatoms. The Hall–Kier alpha value is -0.506. The van der Waals surface area contributed by atoms with Crippen LogP contribution in [-0.4, -0.2) is 30.2 Å². The maximum Gasteiger partial charge on any atom is 0.188 e. The van der Waals surface area contributed by atoms with Crippen LogP contribution in [0.25, 0.3) is 0 Å². The van der Waals surface area contributed by atoms with Gasteiger partial charge in [0, 0.05) is 29.4 Å². The maximum atomic E-state index is 6.49. The summed E-state index contributed by atoms with van der Waals surface area (Å²) in [5, 5.41) is 1.40. The number of rotatable bonds is 10. The third kappa shape index (κ3) is 6.74. The molecule has 29 heavy (non-hydrogen) atoms. The average molecular weight is 478 g/mol. The second-order valence-corrected chi connectivity index (χ2v) is 19.7. The van der Waals surface area contributed by atoms with Crippen LogP contribution < -0.4 is 0 Å². The van der Waals surface area contributed by atoms with Crippen molar-refractivity contribution in [1.82, 2.24) is 0 Å². The summed E-state index contributed by atoms with van der Waals surface area (Å²) in [4.78, 5) is 0. The molecule has 4 nitrogen and oxygen atoms in total. The molecule has 0 bridgehead atoms. The molecule has 0 saturated carbocycles. The predicted molar refractivity (Wildman–Crippen MR) is 126 cm³/mol. The molecule has 0 aliphatic heterocycles. The lowest BCUT2D eigenvalue weighted by atomic mass is 9.76. The van der Waals surface area contributed by atoms with Gasteiger partial charge in [0.15, 0.2) is 30.2 Å². The van der Waals surface area contributed by atoms with E-state index in [1.54, 1.807) is 0 Å². The molecule has 0 aromatic rings. The molecule has 0 aromatic carbocycles. The van der Waals surface area contributed by atoms with Crippen molar-refractivity contribution in [2.75, 3.05) is 13.6 Å². The SMILES string of the molecule is CC(C)(C1=CCC(Cl)=C1OCO[Si](C)(C)C)C1=CCC(Cl)=C1OCO[Si](C)(C)C. The molecular weight excluding hydrogens is 443 g/mol. The monoisotopic (exact) mass is 476 g/mol. The zero-order valence-electron chi connectivity index (χ0n) is 18.9. The fourth-order valence-corrected chi connectivity index (χ4v) is 4.40. The molecular formula is C21H34Cl2O4Si2. The van der Waals surface area contributed by atoms with Gasteiger partial charge < -0.3 is 18.3 Å². The van der Waals surface area contributed by atoms with E-state index in [4.69, 9.17) is 41.5 Å². The highest BCUT2D eigenvalue weighted by molar-refractivity contribution is 6.70. The first kappa shape index (κ1) is 24.8. The van der Waals surface area contributed by atoms with Crippen molar-refractivity contribution in [2.24, 2.45) is 5.41 Å². The van der Waals surface area contributed by atoms with Crippen LogP contribution in [0.3, 0.4) is 0 Å². The van der Waals surface area contributed by atoms with Crippen molar-refractivity contribution in [2.45, 2.75) is 66.0 Å². The van der Waals surface area contributed by atoms with Crippen molar-refractivity contribution in [3.05, 3.63) is 44.9 Å². The fourth-order valence-electron chi connectivity index (χ4n) is 3.11. The van der Waals surface area contributed by atoms with E-state index in [9.17, 15) is 0 Å². The molecule has 0 spiro atoms. The van der Waals surface area contributed by atoms with E-state index in [0.717, 1.165) is 11.1 Å². The van der Waals surface area contributed by atoms with Crippen LogP contribution in [0.5, 0.6) is 0 Å². The second kappa shape index (κ2) is 9.32. The lowest BCUT2D eigenvalue weighted by Crippen LogP contribution is -2.28. The lowest BCUT2D eigenvalue weighted by Gasteiger charge is -2.32. The van der Waals surface area contributed by atoms with Gasteiger partial charge in [0.1, 0.15) is 11.5 Å². The normalized spacial score (nSPS) is 18.4. The van der Waals surface area contributed by atoms with Crippen LogP contribution in [-0.2, 0) is 18.3 Å². The Labute approximate surface area is 187 Å². The third-order valence-electron chi connectivity index (χ3n) is 4.69. The van der Waals surface area contributed by atoms with E-state index >= 15 is 0 Å². The van der Waals surface area contributed by atoms with Crippen LogP contribution in [0.4, 0.5) is 0 Å². The molecule has 0 heterocycles. The van der Waals surface area contributed by atoms with E-state index in [0.29, 0.717) is 34.4 Å². The Morgan fingerprint density at radius 1 is 0.759 bits per heavy atom. The first-order valence-corrected chi connectivity index (χ1v) is 17.5. The van der Waals surface area contributed by atoms with Crippen molar-refractivity contribution in [3.63, 3.8) is 0 Å². The van der Waals surface area contributed by atoms with Crippen molar-refractivity contribution >= 4 is 39.8 Å². The molecule has 2 rings (SSSR count). The van der Waals surface area contributed by atoms with Crippen LogP contribution in [0.2, 0.25) is 39.3 Å². The Balaban J connectivity index is 2.16. The number of halogens is 2. The fraction of sp³-hybridized carbons (Fsp3) is 0.619. The van der Waals surface area contributed by atoms with Gasteiger partial charge in [0.05, 0.1) is 10.1 Å². The number of hydrogen-bond donors (Lipinski definition) is 0. The topological polar surface area (TPSA) is 36.9 Å². The Bertz CT molecular complexity index is 692. The van der Waals surface area contributed by atoms with Crippen LogP contribution in [0.1, 0.15) is 26.7 Å². The van der Waals surface area contributed by atoms with E-state index in [1.165, 1.54) is 0 Å². The highest BCUT2D eigenvalue weighted by Gasteiger charge is 2.39. The summed E-state index contributed by atoms with van der Waals surface area (Å²) in [7, 11) is -3.34. The summed E-state index contributed by atoms with van der Waals surface area (Å²) in [6.45, 7) is 17.5. The average Bonchev–Trinajstić information content (AvgIpc) is 3.10. The van der Waals surface area contributed by atoms with E-state index < -0.39 is 16.6 Å². The Morgan fingerprint density at radius 3 is 1.41 bits per heavy atom. The molecule has 0 radical (unpaired) electrons. The van der Waals surface area contributed by atoms with Gasteiger partial charge in [0.25, 0.3) is 0 Å². The quantitative estimate of drug-likeness (QED) is 0.246. The van der Waals surface area contributed by atoms with Gasteiger partial charge in [-0.05, 0) is 39.3 Å². The van der Waals surface area contributed by atoms with Crippen LogP contribution >= 0.6 is 23.2 Å². The highest BCUT2D eigenvalue weighted by atomic mass is 35.5. The summed E-state index contributed by atoms with van der Waals surface area (Å²) in [6.07, 6.45) is 5.55. The minimum atomic E-state index is -1.67. The van der Waals surface area contributed by atoms with Gasteiger partial charge in [-0.2, -0.15) is 0 Å². The summed E-state index contributed by atoms with van der Waals surface area (Å²) >= 11 is 13.0. The first-order valence-electron chi connectivity index (χ1n) is 9.95. The molecule has 0 aromatic heterocycles. The van der Waals surface area contributed by atoms with E-state index in [2.05, 4.69) is 65.3 Å². The molecule has 164 valence electrons. The van der Waals surface area contributed by atoms with Crippen LogP contribution in [0, 0.1) is 5.41 Å². The minimum Gasteiger partial charge on any atom is -0.467 e. The summed E-state index contributed by atoms with van der Waals surface area (Å²) in [5.41, 5.74) is 1.69. The highest BCUT2D eigenvalue weighted by Crippen LogP contribution is 2.50. The molecule has 0 N–H and O–H groups in total. The molecule has 0 saturated heterocycles. The predicted octanol–water partition coefficient (Wildman–Crippen LogP) is 7.22. The van der Waals surface area contributed by atoms with Gasteiger partial charge in [-0.25, -0.2) is 0 Å². The molecule has 2 aliphatic carbocycles. The lowest BCUT2D eigenvalue weighted by molar-refractivity contribution is 0.0527. The molecule has 2 aliphatic rings. The zero-order valence-corrected chi connectivity index (χ0v) is 22.4. The van der Waals surface area contributed by atoms with Gasteiger partial charge in [0.2, 0.25) is 0 Å². The first-order chi connectivity index (χ1) is 13.2. The van der Waals surface area contributed by atoms with Gasteiger partial charge in [-0.3, -0.25) is 0 Å². The van der Waals surface area contributed by atoms with Crippen molar-refractivity contribution in [3.8, 4) is 0 Å². The summed E-state index contributed by atoms with van der Waals surface area (Å²) in [5.74, 6) is 1.41. The molecule has 0 fully saturated rings. The van der Waals surface area contributed by atoms with E-state index in [-0.39, 0.29) is 19.0 Å². The van der Waals surface area contributed by atoms with E-state index in [1.807, 2.05) is 0 Å². The number of allylic oxidation sites excluding steroid dienone is 6. The summed E-state index contributed by atoms with van der Waals surface area (Å²) in [6, 6.07) is 0. The van der Waals surface area contributed by atoms with Gasteiger partial charge in [-0.1, -0.05) is 49.2 Å². The smallest absolute Gasteiger partial charge is 0.188 e. The zero-order chi connectivity index (χ0) is 22.0. The molecule has 0 amide bonds. The molecule has 0 atom stereocenters. The Morgan fingerprint density at radius 2 is 1.10 bits per heavy atom. The number of ether oxygens (including phenoxy) is 2. The van der Waals surface area contributed by atoms with Crippen molar-refractivity contribution in [1.29, 1.82) is 0 Å². The maximum absolute atomic E-state index is 6.49. The summed E-state index contributed by atoms with van der Waals surface area (Å²) < 4.78 is 23.7. The second-order valence-electron chi connectivity index (χ2n) is 9.77. The molecule has 0 unspecified atom stereocenters. The largest absolute Gasteiger partial charge is 0.467 e. The number of hydrogen-bond acceptors (Lipinski definition) is 4. The minimum absolute atomic E-state index is 0.206. The third-order valence-corrected chi connectivity index (χ3v) is 7.31. The van der Waals surface area contributed by atoms with Crippen LogP contribution in [0.15, 0.2) is 44.9 Å². The van der Waals surface area contributed by atoms with Gasteiger partial charge in [-0.15, -0.1) is 0 Å². The standard InChI is InChI=1S/C21H34Cl2O4Si2/c1-21(2,15-9-11-17(22)19(15)24-13-26-28(3,4)5)16-10-12-18(23)20(16)25-14-27-29(6,7)8/h9-10H,11-14H2,1-8H3. The Kier molecular flexibility index (Phi) is 7.96. The van der Waals surface area contributed by atoms with Crippen molar-refractivity contribution < 1.29 is 18.3 Å².